The number of hydrogen-bond acceptors (Lipinski definition) is 32. The number of ether oxygens (including phenoxy) is 3. The molecule has 0 aliphatic carbocycles. The number of pyridine rings is 9. The van der Waals surface area contributed by atoms with Crippen molar-refractivity contribution in [2.45, 2.75) is 61.6 Å². The van der Waals surface area contributed by atoms with Gasteiger partial charge in [0.05, 0.1) is 74.3 Å². The molecule has 42 heteroatoms. The van der Waals surface area contributed by atoms with Crippen molar-refractivity contribution in [3.8, 4) is 54.2 Å². The Morgan fingerprint density at radius 1 is 0.461 bits per heavy atom. The van der Waals surface area contributed by atoms with E-state index in [1.54, 1.807) is 33.2 Å². The third kappa shape index (κ3) is 29.9. The third-order valence-corrected chi connectivity index (χ3v) is 16.7. The van der Waals surface area contributed by atoms with Crippen LogP contribution in [0, 0.1) is 56.8 Å². The van der Waals surface area contributed by atoms with E-state index in [0.29, 0.717) is 44.8 Å². The number of hydrogen-bond donors (Lipinski definition) is 6. The average molecular weight is 1660 g/mol. The number of hydrazine groups is 1. The van der Waals surface area contributed by atoms with Crippen molar-refractivity contribution in [3.63, 3.8) is 0 Å². The molecule has 0 unspecified atom stereocenters. The second kappa shape index (κ2) is 46.4. The fourth-order valence-electron chi connectivity index (χ4n) is 8.68. The van der Waals surface area contributed by atoms with Crippen LogP contribution in [0.4, 0.5) is 22.0 Å². The van der Waals surface area contributed by atoms with Crippen LogP contribution in [0.1, 0.15) is 105 Å². The minimum Gasteiger partial charge on any atom is -0.476 e. The highest BCUT2D eigenvalue weighted by molar-refractivity contribution is 7.17. The summed E-state index contributed by atoms with van der Waals surface area (Å²) in [6.45, 7) is 13.7. The van der Waals surface area contributed by atoms with E-state index in [9.17, 15) is 65.1 Å². The summed E-state index contributed by atoms with van der Waals surface area (Å²) in [6, 6.07) is 17.8. The minimum atomic E-state index is -1.15. The average Bonchev–Trinajstić information content (AvgIpc) is 1.78. The predicted octanol–water partition coefficient (Wildman–Crippen LogP) is 9.54. The number of Topliss-reactive ketones (excluding diaryl/α,β-unsaturated/α-hetero) is 1. The number of ketones is 1. The number of carboxylic acids is 1. The summed E-state index contributed by atoms with van der Waals surface area (Å²) >= 11 is 7.69. The molecule has 8 N–H and O–H groups in total. The van der Waals surface area contributed by atoms with E-state index in [2.05, 4.69) is 109 Å². The van der Waals surface area contributed by atoms with E-state index < -0.39 is 82.3 Å². The first-order valence-corrected chi connectivity index (χ1v) is 35.9. The van der Waals surface area contributed by atoms with E-state index in [1.165, 1.54) is 49.2 Å². The number of halogens is 6. The summed E-state index contributed by atoms with van der Waals surface area (Å²) in [5, 5.41) is 36.2. The molecule has 0 aliphatic heterocycles. The molecule has 596 valence electrons. The van der Waals surface area contributed by atoms with Crippen LogP contribution in [0.15, 0.2) is 153 Å². The number of nitrogens with one attached hydrogen (secondary N) is 3. The van der Waals surface area contributed by atoms with Crippen LogP contribution in [0.25, 0.3) is 54.2 Å². The van der Waals surface area contributed by atoms with Gasteiger partial charge < -0.3 is 35.7 Å². The molecule has 0 bridgehead atoms. The molecular weight excluding hydrogens is 1590 g/mol. The van der Waals surface area contributed by atoms with Gasteiger partial charge in [-0.2, -0.15) is 0 Å². The Hall–Kier alpha value is -13.5. The van der Waals surface area contributed by atoms with E-state index in [4.69, 9.17) is 33.0 Å². The summed E-state index contributed by atoms with van der Waals surface area (Å²) in [6.07, 6.45) is 19.1. The standard InChI is InChI=1S/C21H17FN6OS.C13H15N3.C11H11FN2O4.C10H8FN3O2S.C8H4FN3O2S.C6H6FN3O.C4H5ClO3/c1-12-5-14(8-25-18(12)15-3-4-24-13(2)6-15)9-26-19(29)21-28-27-20(30-21)16-7-17(22)11-23-10-16;1-9-5-11(7-14)8-16-13(9)12-3-4-15-10(2)6-12;1-2-18-11(17)10(16)14-6-9(15)7-3-8(12)5-13-4-7;1-2-16-10(15)9-14-13-8(17-9)6-3-7(11)5-12-4-6;9-5-1-4(2-10-3-5)6-11-12-7(15-6)8(13)14;7-5-1-4(2-9-3-5)6(11)10-8;1-2-8-4(7)3(5)6/h3-8,10-11H,9H2,1-2H3,(H,26,29);3-6,8H,7,14H2,1-2H3;3-5H,2,6H2,1H3,(H,14,16);3-5H,2H2,1H3;1-3H,(H,13,14);1-3H,8H2,(H,10,11);2H2,1H3. The molecule has 12 rings (SSSR count). The number of amides is 3. The lowest BCUT2D eigenvalue weighted by atomic mass is 10.1. The quantitative estimate of drug-likeness (QED) is 0.00504. The fraction of sp³-hybridized carbons (Fsp3) is 0.178. The highest BCUT2D eigenvalue weighted by atomic mass is 35.5. The van der Waals surface area contributed by atoms with Gasteiger partial charge >= 0.3 is 35.0 Å². The van der Waals surface area contributed by atoms with E-state index in [-0.39, 0.29) is 51.9 Å². The van der Waals surface area contributed by atoms with Gasteiger partial charge in [-0.15, -0.1) is 30.6 Å². The zero-order chi connectivity index (χ0) is 84.1. The number of carboxylic acid groups (broad SMARTS) is 1. The normalized spacial score (nSPS) is 10.1. The Bertz CT molecular complexity index is 5380. The number of carbonyl (C=O) groups excluding carboxylic acids is 8. The molecule has 0 atom stereocenters. The highest BCUT2D eigenvalue weighted by Crippen LogP contribution is 2.28. The third-order valence-electron chi connectivity index (χ3n) is 13.7. The van der Waals surface area contributed by atoms with Gasteiger partial charge in [-0.05, 0) is 137 Å². The monoisotopic (exact) mass is 1660 g/mol. The van der Waals surface area contributed by atoms with Crippen molar-refractivity contribution in [3.05, 3.63) is 242 Å². The van der Waals surface area contributed by atoms with Crippen LogP contribution in [0.2, 0.25) is 0 Å². The second-order valence-electron chi connectivity index (χ2n) is 22.3. The van der Waals surface area contributed by atoms with Gasteiger partial charge in [0.2, 0.25) is 15.0 Å². The molecule has 0 radical (unpaired) electrons. The maximum atomic E-state index is 13.3. The van der Waals surface area contributed by atoms with E-state index >= 15 is 0 Å². The maximum absolute atomic E-state index is 13.3. The molecule has 12 aromatic rings. The van der Waals surface area contributed by atoms with Crippen LogP contribution in [0.3, 0.4) is 0 Å². The summed E-state index contributed by atoms with van der Waals surface area (Å²) in [4.78, 5) is 134. The molecule has 115 heavy (non-hydrogen) atoms. The SMILES string of the molecule is CCOC(=O)C(=O)Cl.CCOC(=O)C(=O)NCC(=O)c1cncc(F)c1.CCOC(=O)c1nnc(-c2cncc(F)c2)s1.Cc1cc(-c2ncc(CN)cc2C)ccn1.Cc1cc(-c2ncc(CNC(=O)c3nnc(-c4cncc(F)c4)s3)cc2C)ccn1.NNC(=O)c1cncc(F)c1.O=C(O)c1nnc(-c2cncc(F)c2)s1. The molecule has 0 saturated heterocycles. The molecule has 0 fully saturated rings. The molecular formula is C73H66ClF5N20O13S3. The Morgan fingerprint density at radius 2 is 0.878 bits per heavy atom. The van der Waals surface area contributed by atoms with Crippen molar-refractivity contribution < 1.29 is 84.4 Å². The topological polar surface area (TPSA) is 483 Å². The van der Waals surface area contributed by atoms with Crippen molar-refractivity contribution >= 4 is 98.2 Å². The minimum absolute atomic E-state index is 0.0131. The van der Waals surface area contributed by atoms with Gasteiger partial charge in [0.1, 0.15) is 44.1 Å². The van der Waals surface area contributed by atoms with E-state index in [0.717, 1.165) is 133 Å². The maximum Gasteiger partial charge on any atom is 0.396 e. The number of nitrogen functional groups attached to an aromatic ring is 1. The number of rotatable bonds is 19. The molecule has 12 heterocycles. The Kier molecular flexibility index (Phi) is 36.5. The number of aryl methyl sites for hydroxylation is 4. The number of aromatic nitrogens is 15. The summed E-state index contributed by atoms with van der Waals surface area (Å²) in [5.41, 5.74) is 18.9. The number of aromatic carboxylic acids is 1. The van der Waals surface area contributed by atoms with Crippen LogP contribution in [-0.2, 0) is 46.5 Å². The van der Waals surface area contributed by atoms with Crippen molar-refractivity contribution in [1.29, 1.82) is 0 Å². The summed E-state index contributed by atoms with van der Waals surface area (Å²) in [5.74, 6) is -4.07. The lowest BCUT2D eigenvalue weighted by Gasteiger charge is -2.09. The molecule has 12 aromatic heterocycles. The van der Waals surface area contributed by atoms with Crippen LogP contribution >= 0.6 is 45.6 Å². The largest absolute Gasteiger partial charge is 0.476 e. The molecule has 0 aliphatic rings. The fourth-order valence-corrected chi connectivity index (χ4v) is 10.9. The Balaban J connectivity index is 0.000000216. The van der Waals surface area contributed by atoms with Gasteiger partial charge in [-0.3, -0.25) is 74.3 Å². The zero-order valence-electron chi connectivity index (χ0n) is 61.4. The number of nitrogens with zero attached hydrogens (tertiary/aromatic N) is 15. The van der Waals surface area contributed by atoms with Crippen LogP contribution in [0.5, 0.6) is 0 Å². The molecule has 0 saturated carbocycles. The van der Waals surface area contributed by atoms with Gasteiger partial charge in [0.25, 0.3) is 11.8 Å². The van der Waals surface area contributed by atoms with Crippen LogP contribution in [-0.4, -0.2) is 160 Å². The number of esters is 3. The first-order chi connectivity index (χ1) is 55.0. The van der Waals surface area contributed by atoms with Crippen molar-refractivity contribution in [2.24, 2.45) is 11.6 Å². The highest BCUT2D eigenvalue weighted by Gasteiger charge is 2.20. The lowest BCUT2D eigenvalue weighted by molar-refractivity contribution is -0.154. The lowest BCUT2D eigenvalue weighted by Crippen LogP contribution is -2.36. The smallest absolute Gasteiger partial charge is 0.396 e. The Labute approximate surface area is 666 Å². The number of nitrogens with two attached hydrogens (primary N) is 2. The number of carbonyl (C=O) groups is 9. The molecule has 33 nitrogen and oxygen atoms in total. The second-order valence-corrected chi connectivity index (χ2v) is 25.6. The summed E-state index contributed by atoms with van der Waals surface area (Å²) in [7, 11) is 0. The first kappa shape index (κ1) is 90.4. The Morgan fingerprint density at radius 3 is 1.30 bits per heavy atom. The molecule has 3 amide bonds. The first-order valence-electron chi connectivity index (χ1n) is 33.1. The molecule has 0 spiro atoms. The summed E-state index contributed by atoms with van der Waals surface area (Å²) < 4.78 is 77.6. The van der Waals surface area contributed by atoms with E-state index in [1.807, 2.05) is 68.9 Å². The van der Waals surface area contributed by atoms with Crippen LogP contribution < -0.4 is 27.6 Å². The predicted molar refractivity (Wildman–Crippen MR) is 407 cm³/mol. The van der Waals surface area contributed by atoms with Crippen molar-refractivity contribution in [2.75, 3.05) is 26.4 Å². The van der Waals surface area contributed by atoms with Crippen molar-refractivity contribution in [1.82, 2.24) is 91.5 Å². The van der Waals surface area contributed by atoms with Gasteiger partial charge in [0.15, 0.2) is 5.78 Å². The van der Waals surface area contributed by atoms with Gasteiger partial charge in [-0.1, -0.05) is 46.1 Å². The van der Waals surface area contributed by atoms with Gasteiger partial charge in [-0.25, -0.2) is 47.0 Å². The van der Waals surface area contributed by atoms with Gasteiger partial charge in [0, 0.05) is 114 Å². The zero-order valence-corrected chi connectivity index (χ0v) is 64.6. The molecule has 0 aromatic carbocycles.